The molecular weight excluding hydrogens is 248 g/mol. The van der Waals surface area contributed by atoms with Gasteiger partial charge < -0.3 is 21.1 Å². The van der Waals surface area contributed by atoms with Gasteiger partial charge in [0.15, 0.2) is 0 Å². The molecule has 1 amide bonds. The van der Waals surface area contributed by atoms with E-state index in [2.05, 4.69) is 25.6 Å². The lowest BCUT2D eigenvalue weighted by Crippen LogP contribution is -2.37. The molecule has 0 fully saturated rings. The molecule has 1 aromatic heterocycles. The molecule has 0 saturated heterocycles. The van der Waals surface area contributed by atoms with Gasteiger partial charge in [-0.3, -0.25) is 4.79 Å². The number of carbonyl (C=O) groups is 1. The summed E-state index contributed by atoms with van der Waals surface area (Å²) >= 11 is 0. The van der Waals surface area contributed by atoms with Crippen LogP contribution in [-0.4, -0.2) is 39.5 Å². The maximum Gasteiger partial charge on any atom is 0.323 e. The van der Waals surface area contributed by atoms with Crippen molar-refractivity contribution in [1.82, 2.24) is 20.3 Å². The summed E-state index contributed by atoms with van der Waals surface area (Å²) in [4.78, 5) is 23.4. The molecule has 0 aliphatic heterocycles. The van der Waals surface area contributed by atoms with Gasteiger partial charge in [-0.25, -0.2) is 0 Å². The minimum Gasteiger partial charge on any atom is -0.461 e. The zero-order valence-corrected chi connectivity index (χ0v) is 11.6. The predicted molar refractivity (Wildman–Crippen MR) is 71.8 cm³/mol. The van der Waals surface area contributed by atoms with E-state index in [-0.39, 0.29) is 29.9 Å². The Balaban J connectivity index is 2.77. The fraction of sp³-hybridized carbons (Fsp3) is 0.636. The number of hydrogen-bond acceptors (Lipinski definition) is 7. The molecule has 0 saturated carbocycles. The van der Waals surface area contributed by atoms with Crippen molar-refractivity contribution in [2.75, 3.05) is 17.6 Å². The Labute approximate surface area is 112 Å². The summed E-state index contributed by atoms with van der Waals surface area (Å²) in [6, 6.07) is -0.346. The van der Waals surface area contributed by atoms with Crippen LogP contribution in [-0.2, 0) is 4.79 Å². The summed E-state index contributed by atoms with van der Waals surface area (Å²) in [6.07, 6.45) is -0.0736. The third-order valence-corrected chi connectivity index (χ3v) is 2.06. The van der Waals surface area contributed by atoms with Gasteiger partial charge in [0, 0.05) is 6.54 Å². The number of amides is 1. The van der Waals surface area contributed by atoms with Gasteiger partial charge in [0.2, 0.25) is 17.8 Å². The normalized spacial score (nSPS) is 12.1. The number of anilines is 2. The van der Waals surface area contributed by atoms with Crippen molar-refractivity contribution in [3.8, 4) is 6.01 Å². The number of nitrogen functional groups attached to an aromatic ring is 1. The number of carbonyl (C=O) groups excluding carboxylic acids is 1. The van der Waals surface area contributed by atoms with E-state index in [0.717, 1.165) is 0 Å². The molecule has 0 radical (unpaired) electrons. The van der Waals surface area contributed by atoms with Crippen LogP contribution in [0, 0.1) is 0 Å². The Morgan fingerprint density at radius 2 is 2.00 bits per heavy atom. The average Bonchev–Trinajstić information content (AvgIpc) is 2.27. The Kier molecular flexibility index (Phi) is 5.28. The van der Waals surface area contributed by atoms with E-state index < -0.39 is 6.04 Å². The first-order valence-electron chi connectivity index (χ1n) is 6.14. The molecule has 8 heteroatoms. The summed E-state index contributed by atoms with van der Waals surface area (Å²) in [5.41, 5.74) is 5.56. The van der Waals surface area contributed by atoms with Crippen LogP contribution >= 0.6 is 0 Å². The Bertz CT molecular complexity index is 437. The van der Waals surface area contributed by atoms with Crippen molar-refractivity contribution in [2.24, 2.45) is 0 Å². The molecule has 1 unspecified atom stereocenters. The van der Waals surface area contributed by atoms with Gasteiger partial charge in [-0.05, 0) is 27.7 Å². The minimum atomic E-state index is -0.478. The minimum absolute atomic E-state index is 0.0382. The third kappa shape index (κ3) is 4.94. The van der Waals surface area contributed by atoms with Crippen LogP contribution in [0.2, 0.25) is 0 Å². The van der Waals surface area contributed by atoms with E-state index in [1.807, 2.05) is 20.8 Å². The number of rotatable bonds is 6. The lowest BCUT2D eigenvalue weighted by molar-refractivity contribution is -0.121. The molecule has 106 valence electrons. The number of ether oxygens (including phenoxy) is 1. The van der Waals surface area contributed by atoms with Gasteiger partial charge in [0.1, 0.15) is 6.04 Å². The van der Waals surface area contributed by atoms with Crippen LogP contribution in [0.15, 0.2) is 0 Å². The fourth-order valence-electron chi connectivity index (χ4n) is 1.29. The van der Waals surface area contributed by atoms with Crippen molar-refractivity contribution in [2.45, 2.75) is 39.8 Å². The Morgan fingerprint density at radius 3 is 2.58 bits per heavy atom. The SMILES string of the molecule is CCNC(=O)C(C)Nc1nc(N)nc(OC(C)C)n1. The van der Waals surface area contributed by atoms with Gasteiger partial charge in [-0.2, -0.15) is 15.0 Å². The Hall–Kier alpha value is -2.12. The zero-order chi connectivity index (χ0) is 14.4. The summed E-state index contributed by atoms with van der Waals surface area (Å²) in [5.74, 6) is 0.103. The molecule has 0 aliphatic rings. The van der Waals surface area contributed by atoms with E-state index in [1.165, 1.54) is 0 Å². The standard InChI is InChI=1S/C11H20N6O2/c1-5-13-8(18)7(4)14-10-15-9(12)16-11(17-10)19-6(2)3/h6-7H,5H2,1-4H3,(H,13,18)(H3,12,14,15,16,17). The fourth-order valence-corrected chi connectivity index (χ4v) is 1.29. The van der Waals surface area contributed by atoms with Crippen molar-refractivity contribution < 1.29 is 9.53 Å². The van der Waals surface area contributed by atoms with E-state index in [4.69, 9.17) is 10.5 Å². The highest BCUT2D eigenvalue weighted by molar-refractivity contribution is 5.83. The van der Waals surface area contributed by atoms with Crippen molar-refractivity contribution in [1.29, 1.82) is 0 Å². The van der Waals surface area contributed by atoms with Crippen LogP contribution < -0.4 is 21.1 Å². The maximum absolute atomic E-state index is 11.6. The number of nitrogens with one attached hydrogen (secondary N) is 2. The number of likely N-dealkylation sites (N-methyl/N-ethyl adjacent to an activating group) is 1. The summed E-state index contributed by atoms with van der Waals surface area (Å²) in [7, 11) is 0. The average molecular weight is 268 g/mol. The number of nitrogens with zero attached hydrogens (tertiary/aromatic N) is 3. The van der Waals surface area contributed by atoms with E-state index in [9.17, 15) is 4.79 Å². The number of hydrogen-bond donors (Lipinski definition) is 3. The highest BCUT2D eigenvalue weighted by atomic mass is 16.5. The van der Waals surface area contributed by atoms with Crippen LogP contribution in [0.5, 0.6) is 6.01 Å². The summed E-state index contributed by atoms with van der Waals surface area (Å²) < 4.78 is 5.34. The van der Waals surface area contributed by atoms with Crippen molar-refractivity contribution in [3.63, 3.8) is 0 Å². The molecule has 1 heterocycles. The lowest BCUT2D eigenvalue weighted by Gasteiger charge is -2.14. The molecule has 1 aromatic rings. The molecule has 1 rings (SSSR count). The molecule has 19 heavy (non-hydrogen) atoms. The van der Waals surface area contributed by atoms with Gasteiger partial charge in [0.05, 0.1) is 6.10 Å². The molecule has 0 spiro atoms. The molecule has 0 bridgehead atoms. The summed E-state index contributed by atoms with van der Waals surface area (Å²) in [5, 5.41) is 5.54. The largest absolute Gasteiger partial charge is 0.461 e. The highest BCUT2D eigenvalue weighted by Crippen LogP contribution is 2.11. The monoisotopic (exact) mass is 268 g/mol. The summed E-state index contributed by atoms with van der Waals surface area (Å²) in [6.45, 7) is 7.81. The van der Waals surface area contributed by atoms with Crippen LogP contribution in [0.25, 0.3) is 0 Å². The first-order valence-corrected chi connectivity index (χ1v) is 6.14. The van der Waals surface area contributed by atoms with Crippen LogP contribution in [0.3, 0.4) is 0 Å². The lowest BCUT2D eigenvalue weighted by atomic mass is 10.3. The zero-order valence-electron chi connectivity index (χ0n) is 11.6. The molecule has 0 aromatic carbocycles. The van der Waals surface area contributed by atoms with Gasteiger partial charge >= 0.3 is 6.01 Å². The van der Waals surface area contributed by atoms with E-state index >= 15 is 0 Å². The smallest absolute Gasteiger partial charge is 0.323 e. The second kappa shape index (κ2) is 6.72. The molecule has 8 nitrogen and oxygen atoms in total. The van der Waals surface area contributed by atoms with E-state index in [0.29, 0.717) is 6.54 Å². The van der Waals surface area contributed by atoms with Crippen LogP contribution in [0.4, 0.5) is 11.9 Å². The highest BCUT2D eigenvalue weighted by Gasteiger charge is 2.14. The van der Waals surface area contributed by atoms with Gasteiger partial charge in [0.25, 0.3) is 0 Å². The maximum atomic E-state index is 11.6. The van der Waals surface area contributed by atoms with Crippen molar-refractivity contribution in [3.05, 3.63) is 0 Å². The molecule has 0 aliphatic carbocycles. The second-order valence-corrected chi connectivity index (χ2v) is 4.23. The van der Waals surface area contributed by atoms with Gasteiger partial charge in [-0.15, -0.1) is 0 Å². The van der Waals surface area contributed by atoms with Crippen molar-refractivity contribution >= 4 is 17.8 Å². The molecule has 1 atom stereocenters. The quantitative estimate of drug-likeness (QED) is 0.674. The molecule has 4 N–H and O–H groups in total. The third-order valence-electron chi connectivity index (χ3n) is 2.06. The Morgan fingerprint density at radius 1 is 1.32 bits per heavy atom. The number of aromatic nitrogens is 3. The first kappa shape index (κ1) is 14.9. The molecular formula is C11H20N6O2. The van der Waals surface area contributed by atoms with Crippen LogP contribution in [0.1, 0.15) is 27.7 Å². The van der Waals surface area contributed by atoms with Gasteiger partial charge in [-0.1, -0.05) is 0 Å². The predicted octanol–water partition coefficient (Wildman–Crippen LogP) is 0.178. The topological polar surface area (TPSA) is 115 Å². The van der Waals surface area contributed by atoms with E-state index in [1.54, 1.807) is 6.92 Å². The first-order chi connectivity index (χ1) is 8.92. The second-order valence-electron chi connectivity index (χ2n) is 4.23. The number of nitrogens with two attached hydrogens (primary N) is 1.